The first-order valence-electron chi connectivity index (χ1n) is 8.00. The number of piperazine rings is 1. The fourth-order valence-corrected chi connectivity index (χ4v) is 5.20. The van der Waals surface area contributed by atoms with Crippen molar-refractivity contribution in [3.8, 4) is 0 Å². The van der Waals surface area contributed by atoms with Gasteiger partial charge in [-0.1, -0.05) is 0 Å². The van der Waals surface area contributed by atoms with Crippen LogP contribution in [0.1, 0.15) is 18.5 Å². The van der Waals surface area contributed by atoms with Crippen LogP contribution < -0.4 is 0 Å². The second-order valence-electron chi connectivity index (χ2n) is 6.45. The van der Waals surface area contributed by atoms with E-state index >= 15 is 0 Å². The maximum Gasteiger partial charge on any atom is 0.244 e. The minimum Gasteiger partial charge on any atom is -0.298 e. The van der Waals surface area contributed by atoms with E-state index in [9.17, 15) is 8.42 Å². The molecule has 7 nitrogen and oxygen atoms in total. The largest absolute Gasteiger partial charge is 0.298 e. The highest BCUT2D eigenvalue weighted by molar-refractivity contribution is 7.89. The number of aryl methyl sites for hydroxylation is 2. The highest BCUT2D eigenvalue weighted by Gasteiger charge is 2.36. The van der Waals surface area contributed by atoms with Gasteiger partial charge in [-0.3, -0.25) is 9.58 Å². The Morgan fingerprint density at radius 2 is 2.09 bits per heavy atom. The van der Waals surface area contributed by atoms with Gasteiger partial charge < -0.3 is 0 Å². The van der Waals surface area contributed by atoms with Crippen molar-refractivity contribution in [3.63, 3.8) is 0 Å². The van der Waals surface area contributed by atoms with Gasteiger partial charge in [0.25, 0.3) is 0 Å². The van der Waals surface area contributed by atoms with Crippen molar-refractivity contribution in [1.29, 1.82) is 0 Å². The Kier molecular flexibility index (Phi) is 3.44. The van der Waals surface area contributed by atoms with Crippen LogP contribution in [0.25, 0.3) is 11.0 Å². The van der Waals surface area contributed by atoms with Crippen LogP contribution in [-0.2, 0) is 17.1 Å². The third-order valence-electron chi connectivity index (χ3n) is 5.03. The van der Waals surface area contributed by atoms with Crippen LogP contribution in [0, 0.1) is 6.92 Å². The van der Waals surface area contributed by atoms with E-state index < -0.39 is 10.0 Å². The third-order valence-corrected chi connectivity index (χ3v) is 6.86. The van der Waals surface area contributed by atoms with Crippen molar-refractivity contribution >= 4 is 21.1 Å². The lowest BCUT2D eigenvalue weighted by atomic mass is 10.2. The summed E-state index contributed by atoms with van der Waals surface area (Å²) in [6.45, 7) is 4.94. The smallest absolute Gasteiger partial charge is 0.244 e. The summed E-state index contributed by atoms with van der Waals surface area (Å²) < 4.78 is 29.3. The van der Waals surface area contributed by atoms with E-state index in [-0.39, 0.29) is 4.90 Å². The lowest BCUT2D eigenvalue weighted by Crippen LogP contribution is -2.51. The Morgan fingerprint density at radius 1 is 1.26 bits per heavy atom. The molecule has 0 N–H and O–H groups in total. The van der Waals surface area contributed by atoms with E-state index in [4.69, 9.17) is 0 Å². The normalized spacial score (nSPS) is 23.5. The molecule has 0 saturated carbocycles. The summed E-state index contributed by atoms with van der Waals surface area (Å²) in [4.78, 5) is 6.99. The van der Waals surface area contributed by atoms with Crippen molar-refractivity contribution in [2.45, 2.75) is 30.7 Å². The van der Waals surface area contributed by atoms with Gasteiger partial charge in [0.15, 0.2) is 5.65 Å². The van der Waals surface area contributed by atoms with E-state index in [1.807, 2.05) is 14.0 Å². The van der Waals surface area contributed by atoms with Gasteiger partial charge in [0.1, 0.15) is 4.90 Å². The lowest BCUT2D eigenvalue weighted by molar-refractivity contribution is 0.158. The minimum absolute atomic E-state index is 0.271. The average Bonchev–Trinajstić information content (AvgIpc) is 3.11. The minimum atomic E-state index is -3.49. The molecular weight excluding hydrogens is 314 g/mol. The molecule has 0 aromatic carbocycles. The topological polar surface area (TPSA) is 71.3 Å². The van der Waals surface area contributed by atoms with Crippen molar-refractivity contribution < 1.29 is 8.42 Å². The molecule has 4 heterocycles. The number of sulfonamides is 1. The first kappa shape index (κ1) is 15.0. The molecule has 23 heavy (non-hydrogen) atoms. The summed E-state index contributed by atoms with van der Waals surface area (Å²) in [6, 6.07) is 2.08. The molecular formula is C15H21N5O2S. The second kappa shape index (κ2) is 5.25. The summed E-state index contributed by atoms with van der Waals surface area (Å²) in [7, 11) is -1.68. The van der Waals surface area contributed by atoms with Crippen LogP contribution >= 0.6 is 0 Å². The van der Waals surface area contributed by atoms with Crippen LogP contribution in [0.3, 0.4) is 0 Å². The molecule has 2 saturated heterocycles. The van der Waals surface area contributed by atoms with E-state index in [0.29, 0.717) is 24.8 Å². The van der Waals surface area contributed by atoms with E-state index in [1.165, 1.54) is 12.6 Å². The summed E-state index contributed by atoms with van der Waals surface area (Å²) in [5, 5.41) is 5.11. The van der Waals surface area contributed by atoms with Crippen molar-refractivity contribution in [2.75, 3.05) is 26.2 Å². The Hall–Kier alpha value is -1.51. The molecule has 8 heteroatoms. The summed E-state index contributed by atoms with van der Waals surface area (Å²) in [5.74, 6) is 0. The van der Waals surface area contributed by atoms with Crippen LogP contribution in [0.2, 0.25) is 0 Å². The van der Waals surface area contributed by atoms with E-state index in [2.05, 4.69) is 15.0 Å². The number of hydrogen-bond acceptors (Lipinski definition) is 5. The van der Waals surface area contributed by atoms with E-state index in [1.54, 1.807) is 15.1 Å². The van der Waals surface area contributed by atoms with Crippen LogP contribution in [-0.4, -0.2) is 64.6 Å². The van der Waals surface area contributed by atoms with Crippen molar-refractivity contribution in [3.05, 3.63) is 18.0 Å². The van der Waals surface area contributed by atoms with Gasteiger partial charge in [0.2, 0.25) is 10.0 Å². The Labute approximate surface area is 135 Å². The predicted octanol–water partition coefficient (Wildman–Crippen LogP) is 0.745. The molecule has 0 bridgehead atoms. The Morgan fingerprint density at radius 3 is 2.91 bits per heavy atom. The SMILES string of the molecule is Cc1nn(C)c2ncc(S(=O)(=O)N3CCN4CCC[C@H]4C3)cc12. The fraction of sp³-hybridized carbons (Fsp3) is 0.600. The number of pyridine rings is 1. The number of rotatable bonds is 2. The number of nitrogens with zero attached hydrogens (tertiary/aromatic N) is 5. The maximum atomic E-state index is 13.0. The number of hydrogen-bond donors (Lipinski definition) is 0. The zero-order chi connectivity index (χ0) is 16.2. The predicted molar refractivity (Wildman–Crippen MR) is 86.6 cm³/mol. The molecule has 2 aliphatic rings. The van der Waals surface area contributed by atoms with Crippen molar-refractivity contribution in [1.82, 2.24) is 24.0 Å². The molecule has 1 atom stereocenters. The van der Waals surface area contributed by atoms with Crippen LogP contribution in [0.4, 0.5) is 0 Å². The lowest BCUT2D eigenvalue weighted by Gasteiger charge is -2.36. The zero-order valence-corrected chi connectivity index (χ0v) is 14.3. The molecule has 2 aromatic heterocycles. The van der Waals surface area contributed by atoms with Crippen LogP contribution in [0.15, 0.2) is 17.2 Å². The van der Waals surface area contributed by atoms with Gasteiger partial charge in [-0.25, -0.2) is 13.4 Å². The number of aromatic nitrogens is 3. The zero-order valence-electron chi connectivity index (χ0n) is 13.4. The summed E-state index contributed by atoms with van der Waals surface area (Å²) in [5.41, 5.74) is 1.51. The van der Waals surface area contributed by atoms with Gasteiger partial charge in [-0.05, 0) is 32.4 Å². The molecule has 0 amide bonds. The van der Waals surface area contributed by atoms with E-state index in [0.717, 1.165) is 30.6 Å². The first-order chi connectivity index (χ1) is 11.0. The fourth-order valence-electron chi connectivity index (χ4n) is 3.76. The van der Waals surface area contributed by atoms with Crippen molar-refractivity contribution in [2.24, 2.45) is 7.05 Å². The molecule has 2 aromatic rings. The molecule has 0 spiro atoms. The van der Waals surface area contributed by atoms with Gasteiger partial charge in [-0.15, -0.1) is 0 Å². The van der Waals surface area contributed by atoms with Gasteiger partial charge >= 0.3 is 0 Å². The molecule has 2 aliphatic heterocycles. The monoisotopic (exact) mass is 335 g/mol. The standard InChI is InChI=1S/C15H21N5O2S/c1-11-14-8-13(9-16-15(14)18(2)17-11)23(21,22)20-7-6-19-5-3-4-12(19)10-20/h8-9,12H,3-7,10H2,1-2H3/t12-/m0/s1. The third kappa shape index (κ3) is 2.36. The van der Waals surface area contributed by atoms with Gasteiger partial charge in [0.05, 0.1) is 5.69 Å². The highest BCUT2D eigenvalue weighted by Crippen LogP contribution is 2.27. The van der Waals surface area contributed by atoms with Gasteiger partial charge in [0, 0.05) is 44.3 Å². The molecule has 0 unspecified atom stereocenters. The first-order valence-corrected chi connectivity index (χ1v) is 9.44. The maximum absolute atomic E-state index is 13.0. The molecule has 2 fully saturated rings. The quantitative estimate of drug-likeness (QED) is 0.810. The Bertz CT molecular complexity index is 860. The second-order valence-corrected chi connectivity index (χ2v) is 8.38. The molecule has 0 aliphatic carbocycles. The Balaban J connectivity index is 1.69. The number of fused-ring (bicyclic) bond motifs is 2. The van der Waals surface area contributed by atoms with Crippen LogP contribution in [0.5, 0.6) is 0 Å². The summed E-state index contributed by atoms with van der Waals surface area (Å²) >= 11 is 0. The van der Waals surface area contributed by atoms with Gasteiger partial charge in [-0.2, -0.15) is 9.40 Å². The molecule has 4 rings (SSSR count). The highest BCUT2D eigenvalue weighted by atomic mass is 32.2. The summed E-state index contributed by atoms with van der Waals surface area (Å²) in [6.07, 6.45) is 3.71. The molecule has 0 radical (unpaired) electrons. The average molecular weight is 335 g/mol. The molecule has 124 valence electrons.